The number of hydrogen-bond acceptors (Lipinski definition) is 2. The third-order valence-electron chi connectivity index (χ3n) is 2.57. The zero-order valence-corrected chi connectivity index (χ0v) is 9.84. The summed E-state index contributed by atoms with van der Waals surface area (Å²) in [7, 11) is 0. The lowest BCUT2D eigenvalue weighted by atomic mass is 10.0. The zero-order valence-electron chi connectivity index (χ0n) is 9.84. The quantitative estimate of drug-likeness (QED) is 0.283. The van der Waals surface area contributed by atoms with E-state index in [1.54, 1.807) is 0 Å². The lowest BCUT2D eigenvalue weighted by Crippen LogP contribution is -2.30. The van der Waals surface area contributed by atoms with E-state index < -0.39 is 0 Å². The summed E-state index contributed by atoms with van der Waals surface area (Å²) in [6.07, 6.45) is 1.82. The normalized spacial score (nSPS) is 11.1. The van der Waals surface area contributed by atoms with Gasteiger partial charge in [0.25, 0.3) is 5.91 Å². The van der Waals surface area contributed by atoms with Crippen molar-refractivity contribution < 1.29 is 4.79 Å². The summed E-state index contributed by atoms with van der Waals surface area (Å²) < 4.78 is 0. The Balaban J connectivity index is 2.44. The second-order valence-corrected chi connectivity index (χ2v) is 3.81. The average molecular weight is 238 g/mol. The highest BCUT2D eigenvalue weighted by Gasteiger charge is 2.09. The molecule has 0 unspecified atom stereocenters. The maximum absolute atomic E-state index is 11.8. The molecule has 0 aliphatic heterocycles. The number of hydrazine groups is 1. The number of nitrogens with two attached hydrogens (primary N) is 1. The number of nitrogens with one attached hydrogen (secondary N) is 1. The molecule has 1 amide bonds. The van der Waals surface area contributed by atoms with Crippen molar-refractivity contribution in [3.8, 4) is 0 Å². The molecule has 0 aromatic heterocycles. The second-order valence-electron chi connectivity index (χ2n) is 3.81. The van der Waals surface area contributed by atoms with Gasteiger partial charge in [0.05, 0.1) is 0 Å². The number of amides is 1. The number of benzene rings is 2. The van der Waals surface area contributed by atoms with Gasteiger partial charge in [-0.1, -0.05) is 60.7 Å². The standard InChI is InChI=1S/C15H14N2O/c16-17-15(18)14(13-9-5-2-6-10-13)11-12-7-3-1-4-8-12/h1-11H,16H2,(H,17,18). The molecule has 0 bridgehead atoms. The van der Waals surface area contributed by atoms with Crippen LogP contribution in [0.1, 0.15) is 11.1 Å². The Hall–Kier alpha value is -2.39. The smallest absolute Gasteiger partial charge is 0.265 e. The number of carbonyl (C=O) groups is 1. The molecule has 3 N–H and O–H groups in total. The molecule has 0 saturated carbocycles. The largest absolute Gasteiger partial charge is 0.290 e. The number of hydrogen-bond donors (Lipinski definition) is 2. The molecule has 2 rings (SSSR count). The summed E-state index contributed by atoms with van der Waals surface area (Å²) in [6, 6.07) is 19.1. The van der Waals surface area contributed by atoms with Crippen molar-refractivity contribution in [1.29, 1.82) is 0 Å². The molecule has 3 heteroatoms. The third kappa shape index (κ3) is 2.84. The van der Waals surface area contributed by atoms with E-state index in [4.69, 9.17) is 5.84 Å². The SMILES string of the molecule is NNC(=O)C(=Cc1ccccc1)c1ccccc1. The van der Waals surface area contributed by atoms with E-state index in [-0.39, 0.29) is 5.91 Å². The Labute approximate surface area is 106 Å². The van der Waals surface area contributed by atoms with Crippen LogP contribution in [-0.2, 0) is 4.79 Å². The molecule has 0 fully saturated rings. The van der Waals surface area contributed by atoms with Crippen molar-refractivity contribution in [2.45, 2.75) is 0 Å². The van der Waals surface area contributed by atoms with Crippen LogP contribution in [0.3, 0.4) is 0 Å². The summed E-state index contributed by atoms with van der Waals surface area (Å²) in [5, 5.41) is 0. The van der Waals surface area contributed by atoms with Crippen LogP contribution in [-0.4, -0.2) is 5.91 Å². The average Bonchev–Trinajstić information content (AvgIpc) is 2.46. The van der Waals surface area contributed by atoms with E-state index in [0.717, 1.165) is 11.1 Å². The van der Waals surface area contributed by atoms with Gasteiger partial charge in [0.2, 0.25) is 0 Å². The van der Waals surface area contributed by atoms with Crippen LogP contribution in [0.4, 0.5) is 0 Å². The van der Waals surface area contributed by atoms with E-state index in [0.29, 0.717) is 5.57 Å². The Bertz CT molecular complexity index is 547. The van der Waals surface area contributed by atoms with Crippen molar-refractivity contribution in [2.75, 3.05) is 0 Å². The van der Waals surface area contributed by atoms with E-state index in [1.807, 2.05) is 66.7 Å². The van der Waals surface area contributed by atoms with Gasteiger partial charge in [0.15, 0.2) is 0 Å². The lowest BCUT2D eigenvalue weighted by molar-refractivity contribution is -0.115. The minimum Gasteiger partial charge on any atom is -0.290 e. The molecular formula is C15H14N2O. The third-order valence-corrected chi connectivity index (χ3v) is 2.57. The van der Waals surface area contributed by atoms with Gasteiger partial charge >= 0.3 is 0 Å². The van der Waals surface area contributed by atoms with Crippen LogP contribution in [0.25, 0.3) is 11.6 Å². The van der Waals surface area contributed by atoms with Crippen LogP contribution in [0.2, 0.25) is 0 Å². The molecule has 3 nitrogen and oxygen atoms in total. The first-order valence-corrected chi connectivity index (χ1v) is 5.64. The Morgan fingerprint density at radius 3 is 2.06 bits per heavy atom. The summed E-state index contributed by atoms with van der Waals surface area (Å²) in [5.41, 5.74) is 4.52. The Kier molecular flexibility index (Phi) is 3.89. The van der Waals surface area contributed by atoms with Crippen LogP contribution < -0.4 is 11.3 Å². The summed E-state index contributed by atoms with van der Waals surface area (Å²) >= 11 is 0. The van der Waals surface area contributed by atoms with Crippen LogP contribution in [0, 0.1) is 0 Å². The maximum atomic E-state index is 11.8. The van der Waals surface area contributed by atoms with Gasteiger partial charge in [0.1, 0.15) is 0 Å². The Morgan fingerprint density at radius 2 is 1.50 bits per heavy atom. The fourth-order valence-electron chi connectivity index (χ4n) is 1.69. The van der Waals surface area contributed by atoms with E-state index in [2.05, 4.69) is 5.43 Å². The van der Waals surface area contributed by atoms with Crippen molar-refractivity contribution >= 4 is 17.6 Å². The highest BCUT2D eigenvalue weighted by Crippen LogP contribution is 2.18. The highest BCUT2D eigenvalue weighted by atomic mass is 16.2. The van der Waals surface area contributed by atoms with Crippen molar-refractivity contribution in [3.63, 3.8) is 0 Å². The molecular weight excluding hydrogens is 224 g/mol. The summed E-state index contributed by atoms with van der Waals surface area (Å²) in [6.45, 7) is 0. The fourth-order valence-corrected chi connectivity index (χ4v) is 1.69. The van der Waals surface area contributed by atoms with Gasteiger partial charge in [-0.05, 0) is 17.2 Å². The zero-order chi connectivity index (χ0) is 12.8. The van der Waals surface area contributed by atoms with Gasteiger partial charge in [-0.3, -0.25) is 10.2 Å². The molecule has 2 aromatic rings. The minimum atomic E-state index is -0.301. The summed E-state index contributed by atoms with van der Waals surface area (Å²) in [4.78, 5) is 11.8. The molecule has 0 atom stereocenters. The molecule has 0 aliphatic rings. The highest BCUT2D eigenvalue weighted by molar-refractivity contribution is 6.23. The molecule has 0 heterocycles. The molecule has 0 spiro atoms. The van der Waals surface area contributed by atoms with Crippen LogP contribution in [0.5, 0.6) is 0 Å². The van der Waals surface area contributed by atoms with E-state index in [1.165, 1.54) is 0 Å². The van der Waals surface area contributed by atoms with Crippen LogP contribution in [0.15, 0.2) is 60.7 Å². The predicted molar refractivity (Wildman–Crippen MR) is 73.1 cm³/mol. The molecule has 18 heavy (non-hydrogen) atoms. The topological polar surface area (TPSA) is 55.1 Å². The van der Waals surface area contributed by atoms with E-state index >= 15 is 0 Å². The first kappa shape index (κ1) is 12.1. The van der Waals surface area contributed by atoms with Gasteiger partial charge in [-0.15, -0.1) is 0 Å². The molecule has 90 valence electrons. The molecule has 0 aliphatic carbocycles. The van der Waals surface area contributed by atoms with Gasteiger partial charge in [-0.25, -0.2) is 5.84 Å². The van der Waals surface area contributed by atoms with Crippen LogP contribution >= 0.6 is 0 Å². The fraction of sp³-hybridized carbons (Fsp3) is 0. The van der Waals surface area contributed by atoms with Gasteiger partial charge in [-0.2, -0.15) is 0 Å². The first-order chi connectivity index (χ1) is 8.81. The lowest BCUT2D eigenvalue weighted by Gasteiger charge is -2.06. The molecule has 0 saturated heterocycles. The monoisotopic (exact) mass is 238 g/mol. The first-order valence-electron chi connectivity index (χ1n) is 5.64. The maximum Gasteiger partial charge on any atom is 0.265 e. The van der Waals surface area contributed by atoms with Gasteiger partial charge in [0, 0.05) is 5.57 Å². The predicted octanol–water partition coefficient (Wildman–Crippen LogP) is 2.22. The van der Waals surface area contributed by atoms with Crippen molar-refractivity contribution in [2.24, 2.45) is 5.84 Å². The Morgan fingerprint density at radius 1 is 0.944 bits per heavy atom. The van der Waals surface area contributed by atoms with E-state index in [9.17, 15) is 4.79 Å². The molecule has 2 aromatic carbocycles. The van der Waals surface area contributed by atoms with Crippen molar-refractivity contribution in [1.82, 2.24) is 5.43 Å². The molecule has 0 radical (unpaired) electrons. The number of carbonyl (C=O) groups excluding carboxylic acids is 1. The number of rotatable bonds is 3. The van der Waals surface area contributed by atoms with Crippen molar-refractivity contribution in [3.05, 3.63) is 71.8 Å². The summed E-state index contributed by atoms with van der Waals surface area (Å²) in [5.74, 6) is 4.92. The second kappa shape index (κ2) is 5.80. The minimum absolute atomic E-state index is 0.301. The van der Waals surface area contributed by atoms with Gasteiger partial charge < -0.3 is 0 Å².